The highest BCUT2D eigenvalue weighted by molar-refractivity contribution is 6.42. The van der Waals surface area contributed by atoms with E-state index in [9.17, 15) is 4.79 Å². The van der Waals surface area contributed by atoms with Crippen LogP contribution in [0.15, 0.2) is 18.2 Å². The molecule has 1 N–H and O–H groups in total. The van der Waals surface area contributed by atoms with Gasteiger partial charge < -0.3 is 15.0 Å². The molecule has 0 aromatic heterocycles. The molecular formula is C15H21Cl3N2O2. The van der Waals surface area contributed by atoms with E-state index in [4.69, 9.17) is 27.9 Å². The summed E-state index contributed by atoms with van der Waals surface area (Å²) in [5, 5.41) is 4.26. The monoisotopic (exact) mass is 366 g/mol. The topological polar surface area (TPSA) is 41.6 Å². The van der Waals surface area contributed by atoms with Crippen molar-refractivity contribution in [2.75, 3.05) is 27.2 Å². The molecule has 22 heavy (non-hydrogen) atoms. The van der Waals surface area contributed by atoms with E-state index >= 15 is 0 Å². The van der Waals surface area contributed by atoms with Crippen molar-refractivity contribution in [3.63, 3.8) is 0 Å². The van der Waals surface area contributed by atoms with Gasteiger partial charge in [-0.3, -0.25) is 4.79 Å². The summed E-state index contributed by atoms with van der Waals surface area (Å²) in [5.41, 5.74) is 0.233. The lowest BCUT2D eigenvalue weighted by atomic mass is 9.90. The lowest BCUT2D eigenvalue weighted by Crippen LogP contribution is -2.54. The first-order chi connectivity index (χ1) is 9.98. The van der Waals surface area contributed by atoms with Gasteiger partial charge in [-0.2, -0.15) is 0 Å². The van der Waals surface area contributed by atoms with Crippen molar-refractivity contribution in [3.05, 3.63) is 33.8 Å². The van der Waals surface area contributed by atoms with Gasteiger partial charge >= 0.3 is 0 Å². The second-order valence-electron chi connectivity index (χ2n) is 5.36. The maximum absolute atomic E-state index is 12.7. The summed E-state index contributed by atoms with van der Waals surface area (Å²) >= 11 is 11.9. The zero-order valence-corrected chi connectivity index (χ0v) is 15.0. The second-order valence-corrected chi connectivity index (χ2v) is 6.17. The fourth-order valence-electron chi connectivity index (χ4n) is 2.67. The Morgan fingerprint density at radius 1 is 1.32 bits per heavy atom. The average molecular weight is 368 g/mol. The number of benzene rings is 1. The summed E-state index contributed by atoms with van der Waals surface area (Å²) in [6, 6.07) is 5.41. The molecule has 4 nitrogen and oxygen atoms in total. The summed E-state index contributed by atoms with van der Waals surface area (Å²) in [5.74, 6) is 0.0116. The van der Waals surface area contributed by atoms with E-state index in [1.807, 2.05) is 6.07 Å². The Bertz CT molecular complexity index is 520. The van der Waals surface area contributed by atoms with Crippen LogP contribution in [0.5, 0.6) is 0 Å². The zero-order valence-electron chi connectivity index (χ0n) is 12.7. The second kappa shape index (κ2) is 8.37. The SMILES string of the molecule is COC1(C(=O)N(C)Cc2ccc(Cl)c(Cl)c2)CCNCC1.Cl. The molecule has 1 fully saturated rings. The van der Waals surface area contributed by atoms with Gasteiger partial charge in [0.15, 0.2) is 0 Å². The molecule has 0 saturated carbocycles. The Hall–Kier alpha value is -0.520. The van der Waals surface area contributed by atoms with Crippen LogP contribution in [-0.2, 0) is 16.1 Å². The van der Waals surface area contributed by atoms with Crippen LogP contribution in [-0.4, -0.2) is 43.7 Å². The molecule has 1 amide bonds. The van der Waals surface area contributed by atoms with E-state index < -0.39 is 5.60 Å². The number of rotatable bonds is 4. The number of carbonyl (C=O) groups is 1. The van der Waals surface area contributed by atoms with Crippen molar-refractivity contribution in [1.82, 2.24) is 10.2 Å². The van der Waals surface area contributed by atoms with Crippen molar-refractivity contribution in [2.24, 2.45) is 0 Å². The van der Waals surface area contributed by atoms with E-state index in [2.05, 4.69) is 5.32 Å². The molecule has 0 bridgehead atoms. The largest absolute Gasteiger partial charge is 0.368 e. The van der Waals surface area contributed by atoms with Crippen LogP contribution >= 0.6 is 35.6 Å². The van der Waals surface area contributed by atoms with Gasteiger partial charge in [-0.25, -0.2) is 0 Å². The van der Waals surface area contributed by atoms with Gasteiger partial charge in [0.1, 0.15) is 5.60 Å². The number of hydrogen-bond donors (Lipinski definition) is 1. The van der Waals surface area contributed by atoms with Crippen LogP contribution in [0, 0.1) is 0 Å². The Morgan fingerprint density at radius 3 is 2.50 bits per heavy atom. The molecule has 1 aromatic carbocycles. The van der Waals surface area contributed by atoms with Crippen LogP contribution in [0.3, 0.4) is 0 Å². The smallest absolute Gasteiger partial charge is 0.254 e. The third-order valence-electron chi connectivity index (χ3n) is 3.94. The summed E-state index contributed by atoms with van der Waals surface area (Å²) in [6.45, 7) is 2.06. The predicted molar refractivity (Wildman–Crippen MR) is 92.0 cm³/mol. The first-order valence-corrected chi connectivity index (χ1v) is 7.69. The zero-order chi connectivity index (χ0) is 15.5. The van der Waals surface area contributed by atoms with Gasteiger partial charge in [0.2, 0.25) is 0 Å². The van der Waals surface area contributed by atoms with Gasteiger partial charge in [-0.1, -0.05) is 29.3 Å². The lowest BCUT2D eigenvalue weighted by molar-refractivity contribution is -0.157. The Labute approximate surface area is 147 Å². The molecule has 124 valence electrons. The maximum Gasteiger partial charge on any atom is 0.254 e. The van der Waals surface area contributed by atoms with E-state index in [1.165, 1.54) is 0 Å². The molecule has 0 unspecified atom stereocenters. The molecule has 2 rings (SSSR count). The van der Waals surface area contributed by atoms with Gasteiger partial charge in [0.25, 0.3) is 5.91 Å². The number of nitrogens with one attached hydrogen (secondary N) is 1. The van der Waals surface area contributed by atoms with E-state index in [1.54, 1.807) is 31.2 Å². The Kier molecular flexibility index (Phi) is 7.42. The Morgan fingerprint density at radius 2 is 1.95 bits per heavy atom. The molecule has 1 saturated heterocycles. The summed E-state index contributed by atoms with van der Waals surface area (Å²) < 4.78 is 5.56. The number of likely N-dealkylation sites (N-methyl/N-ethyl adjacent to an activating group) is 1. The highest BCUT2D eigenvalue weighted by atomic mass is 35.5. The summed E-state index contributed by atoms with van der Waals surface area (Å²) in [4.78, 5) is 14.4. The number of nitrogens with zero attached hydrogens (tertiary/aromatic N) is 1. The maximum atomic E-state index is 12.7. The minimum Gasteiger partial charge on any atom is -0.368 e. The van der Waals surface area contributed by atoms with Crippen molar-refractivity contribution in [2.45, 2.75) is 25.0 Å². The molecule has 1 aliphatic heterocycles. The molecule has 1 aromatic rings. The molecule has 1 heterocycles. The molecule has 0 atom stereocenters. The van der Waals surface area contributed by atoms with Crippen molar-refractivity contribution in [1.29, 1.82) is 0 Å². The number of carbonyl (C=O) groups excluding carboxylic acids is 1. The number of piperidine rings is 1. The van der Waals surface area contributed by atoms with Gasteiger partial charge in [0.05, 0.1) is 10.0 Å². The minimum absolute atomic E-state index is 0. The number of halogens is 3. The van der Waals surface area contributed by atoms with Gasteiger partial charge in [-0.05, 0) is 43.6 Å². The minimum atomic E-state index is -0.712. The van der Waals surface area contributed by atoms with Crippen LogP contribution in [0.25, 0.3) is 0 Å². The molecule has 0 radical (unpaired) electrons. The lowest BCUT2D eigenvalue weighted by Gasteiger charge is -2.37. The van der Waals surface area contributed by atoms with Crippen LogP contribution in [0.2, 0.25) is 10.0 Å². The normalized spacial score (nSPS) is 16.7. The summed E-state index contributed by atoms with van der Waals surface area (Å²) in [6.07, 6.45) is 1.38. The molecule has 1 aliphatic rings. The summed E-state index contributed by atoms with van der Waals surface area (Å²) in [7, 11) is 3.39. The molecule has 7 heteroatoms. The number of amides is 1. The van der Waals surface area contributed by atoms with E-state index in [0.717, 1.165) is 18.7 Å². The molecular weight excluding hydrogens is 347 g/mol. The third kappa shape index (κ3) is 4.27. The fourth-order valence-corrected chi connectivity index (χ4v) is 2.99. The van der Waals surface area contributed by atoms with E-state index in [-0.39, 0.29) is 18.3 Å². The Balaban J connectivity index is 0.00000242. The fraction of sp³-hybridized carbons (Fsp3) is 0.533. The standard InChI is InChI=1S/C15H20Cl2N2O2.ClH/c1-19(10-11-3-4-12(16)13(17)9-11)14(20)15(21-2)5-7-18-8-6-15;/h3-4,9,18H,5-8,10H2,1-2H3;1H. The molecule has 0 spiro atoms. The van der Waals surface area contributed by atoms with Crippen molar-refractivity contribution >= 4 is 41.5 Å². The van der Waals surface area contributed by atoms with Crippen molar-refractivity contribution in [3.8, 4) is 0 Å². The predicted octanol–water partition coefficient (Wildman–Crippen LogP) is 3.14. The van der Waals surface area contributed by atoms with Crippen LogP contribution < -0.4 is 5.32 Å². The third-order valence-corrected chi connectivity index (χ3v) is 4.68. The van der Waals surface area contributed by atoms with Crippen LogP contribution in [0.4, 0.5) is 0 Å². The number of hydrogen-bond acceptors (Lipinski definition) is 3. The quantitative estimate of drug-likeness (QED) is 0.889. The first-order valence-electron chi connectivity index (χ1n) is 6.94. The first kappa shape index (κ1) is 19.5. The van der Waals surface area contributed by atoms with Crippen LogP contribution in [0.1, 0.15) is 18.4 Å². The highest BCUT2D eigenvalue weighted by Crippen LogP contribution is 2.27. The number of methoxy groups -OCH3 is 1. The van der Waals surface area contributed by atoms with Gasteiger partial charge in [-0.15, -0.1) is 12.4 Å². The van der Waals surface area contributed by atoms with Gasteiger partial charge in [0, 0.05) is 20.7 Å². The average Bonchev–Trinajstić information content (AvgIpc) is 2.50. The van der Waals surface area contributed by atoms with Crippen molar-refractivity contribution < 1.29 is 9.53 Å². The van der Waals surface area contributed by atoms with E-state index in [0.29, 0.717) is 29.4 Å². The number of ether oxygens (including phenoxy) is 1. The highest BCUT2D eigenvalue weighted by Gasteiger charge is 2.41. The molecule has 0 aliphatic carbocycles.